The smallest absolute Gasteiger partial charge is 0.234 e. The Morgan fingerprint density at radius 3 is 2.81 bits per heavy atom. The number of aromatic hydroxyl groups is 1. The van der Waals surface area contributed by atoms with Crippen LogP contribution in [0.5, 0.6) is 5.75 Å². The van der Waals surface area contributed by atoms with E-state index in [9.17, 15) is 9.90 Å². The molecule has 0 radical (unpaired) electrons. The Hall–Kier alpha value is -1.55. The summed E-state index contributed by atoms with van der Waals surface area (Å²) >= 11 is 0. The molecule has 0 heterocycles. The van der Waals surface area contributed by atoms with Crippen molar-refractivity contribution in [3.05, 3.63) is 29.8 Å². The van der Waals surface area contributed by atoms with Gasteiger partial charge in [-0.3, -0.25) is 4.79 Å². The van der Waals surface area contributed by atoms with Crippen molar-refractivity contribution in [3.8, 4) is 5.75 Å². The van der Waals surface area contributed by atoms with E-state index in [1.165, 1.54) is 0 Å². The Bertz CT molecular complexity index is 375. The molecule has 4 nitrogen and oxygen atoms in total. The van der Waals surface area contributed by atoms with Gasteiger partial charge < -0.3 is 15.7 Å². The number of hydrogen-bond acceptors (Lipinski definition) is 3. The molecule has 16 heavy (non-hydrogen) atoms. The van der Waals surface area contributed by atoms with Crippen LogP contribution in [0.15, 0.2) is 24.3 Å². The molecule has 0 spiro atoms. The van der Waals surface area contributed by atoms with Crippen LogP contribution in [-0.2, 0) is 11.3 Å². The topological polar surface area (TPSA) is 61.4 Å². The number of rotatable bonds is 5. The molecule has 0 bridgehead atoms. The van der Waals surface area contributed by atoms with E-state index in [0.717, 1.165) is 18.4 Å². The quantitative estimate of drug-likeness (QED) is 0.686. The summed E-state index contributed by atoms with van der Waals surface area (Å²) in [6.45, 7) is 0.801. The van der Waals surface area contributed by atoms with Crippen LogP contribution in [0.25, 0.3) is 0 Å². The van der Waals surface area contributed by atoms with E-state index in [2.05, 4.69) is 10.6 Å². The van der Waals surface area contributed by atoms with Gasteiger partial charge >= 0.3 is 0 Å². The molecule has 0 aliphatic heterocycles. The fourth-order valence-electron chi connectivity index (χ4n) is 1.48. The molecular weight excluding hydrogens is 204 g/mol. The van der Waals surface area contributed by atoms with E-state index in [0.29, 0.717) is 19.1 Å². The highest BCUT2D eigenvalue weighted by molar-refractivity contribution is 5.78. The van der Waals surface area contributed by atoms with Crippen LogP contribution < -0.4 is 10.6 Å². The lowest BCUT2D eigenvalue weighted by molar-refractivity contribution is -0.120. The van der Waals surface area contributed by atoms with Gasteiger partial charge in [0, 0.05) is 18.2 Å². The molecule has 3 N–H and O–H groups in total. The van der Waals surface area contributed by atoms with Gasteiger partial charge in [0.15, 0.2) is 0 Å². The first kappa shape index (κ1) is 11.0. The number of amides is 1. The zero-order valence-corrected chi connectivity index (χ0v) is 9.07. The summed E-state index contributed by atoms with van der Waals surface area (Å²) in [6.07, 6.45) is 2.20. The number of benzene rings is 1. The standard InChI is InChI=1S/C12H16N2O2/c15-11-4-2-1-3-9(11)7-13-8-12(16)14-10-5-6-10/h1-4,10,13,15H,5-8H2,(H,14,16). The van der Waals surface area contributed by atoms with Crippen molar-refractivity contribution in [2.24, 2.45) is 0 Å². The molecule has 0 atom stereocenters. The van der Waals surface area contributed by atoms with Crippen molar-refractivity contribution in [1.29, 1.82) is 0 Å². The molecule has 2 rings (SSSR count). The molecule has 1 saturated carbocycles. The maximum absolute atomic E-state index is 11.3. The highest BCUT2D eigenvalue weighted by Crippen LogP contribution is 2.18. The Balaban J connectivity index is 1.70. The normalized spacial score (nSPS) is 14.8. The number of carbonyl (C=O) groups is 1. The van der Waals surface area contributed by atoms with Gasteiger partial charge in [-0.1, -0.05) is 18.2 Å². The molecule has 1 aliphatic rings. The van der Waals surface area contributed by atoms with Crippen LogP contribution in [0, 0.1) is 0 Å². The van der Waals surface area contributed by atoms with Crippen LogP contribution in [0.3, 0.4) is 0 Å². The van der Waals surface area contributed by atoms with Gasteiger partial charge in [-0.25, -0.2) is 0 Å². The second-order valence-electron chi connectivity index (χ2n) is 4.07. The second-order valence-corrected chi connectivity index (χ2v) is 4.07. The molecule has 1 aromatic carbocycles. The molecule has 1 aliphatic carbocycles. The second kappa shape index (κ2) is 4.99. The summed E-state index contributed by atoms with van der Waals surface area (Å²) in [5.41, 5.74) is 0.807. The van der Waals surface area contributed by atoms with Gasteiger partial charge in [0.1, 0.15) is 5.75 Å². The van der Waals surface area contributed by atoms with Crippen molar-refractivity contribution in [2.75, 3.05) is 6.54 Å². The Morgan fingerprint density at radius 2 is 2.12 bits per heavy atom. The van der Waals surface area contributed by atoms with E-state index < -0.39 is 0 Å². The van der Waals surface area contributed by atoms with Crippen molar-refractivity contribution < 1.29 is 9.90 Å². The third kappa shape index (κ3) is 3.24. The van der Waals surface area contributed by atoms with Crippen molar-refractivity contribution in [3.63, 3.8) is 0 Å². The van der Waals surface area contributed by atoms with Crippen molar-refractivity contribution in [2.45, 2.75) is 25.4 Å². The van der Waals surface area contributed by atoms with Gasteiger partial charge in [0.2, 0.25) is 5.91 Å². The van der Waals surface area contributed by atoms with Crippen molar-refractivity contribution in [1.82, 2.24) is 10.6 Å². The first-order valence-corrected chi connectivity index (χ1v) is 5.52. The van der Waals surface area contributed by atoms with Crippen molar-refractivity contribution >= 4 is 5.91 Å². The summed E-state index contributed by atoms with van der Waals surface area (Å²) in [7, 11) is 0. The fraction of sp³-hybridized carbons (Fsp3) is 0.417. The summed E-state index contributed by atoms with van der Waals surface area (Å²) in [5.74, 6) is 0.288. The molecule has 1 fully saturated rings. The highest BCUT2D eigenvalue weighted by atomic mass is 16.3. The minimum Gasteiger partial charge on any atom is -0.508 e. The maximum Gasteiger partial charge on any atom is 0.234 e. The zero-order valence-electron chi connectivity index (χ0n) is 9.07. The van der Waals surface area contributed by atoms with Crippen LogP contribution in [0.4, 0.5) is 0 Å². The Kier molecular flexibility index (Phi) is 3.41. The molecule has 4 heteroatoms. The predicted molar refractivity (Wildman–Crippen MR) is 61.0 cm³/mol. The Morgan fingerprint density at radius 1 is 1.38 bits per heavy atom. The molecular formula is C12H16N2O2. The van der Waals surface area contributed by atoms with Crippen LogP contribution in [0.1, 0.15) is 18.4 Å². The molecule has 0 unspecified atom stereocenters. The highest BCUT2D eigenvalue weighted by Gasteiger charge is 2.22. The first-order valence-electron chi connectivity index (χ1n) is 5.52. The van der Waals surface area contributed by atoms with Crippen LogP contribution in [-0.4, -0.2) is 23.6 Å². The maximum atomic E-state index is 11.3. The lowest BCUT2D eigenvalue weighted by atomic mass is 10.2. The average molecular weight is 220 g/mol. The fourth-order valence-corrected chi connectivity index (χ4v) is 1.48. The van der Waals surface area contributed by atoms with Crippen LogP contribution >= 0.6 is 0 Å². The van der Waals surface area contributed by atoms with Gasteiger partial charge in [-0.15, -0.1) is 0 Å². The third-order valence-corrected chi connectivity index (χ3v) is 2.54. The lowest BCUT2D eigenvalue weighted by Gasteiger charge is -2.06. The van der Waals surface area contributed by atoms with Gasteiger partial charge in [-0.05, 0) is 18.9 Å². The first-order chi connectivity index (χ1) is 7.75. The Labute approximate surface area is 94.7 Å². The number of phenols is 1. The third-order valence-electron chi connectivity index (χ3n) is 2.54. The minimum absolute atomic E-state index is 0.0259. The molecule has 86 valence electrons. The molecule has 0 saturated heterocycles. The zero-order chi connectivity index (χ0) is 11.4. The van der Waals surface area contributed by atoms with E-state index in [4.69, 9.17) is 0 Å². The van der Waals surface area contributed by atoms with Gasteiger partial charge in [-0.2, -0.15) is 0 Å². The summed E-state index contributed by atoms with van der Waals surface area (Å²) < 4.78 is 0. The molecule has 1 aromatic rings. The predicted octanol–water partition coefficient (Wildman–Crippen LogP) is 0.760. The number of hydrogen-bond donors (Lipinski definition) is 3. The number of carbonyl (C=O) groups excluding carboxylic acids is 1. The lowest BCUT2D eigenvalue weighted by Crippen LogP contribution is -2.34. The summed E-state index contributed by atoms with van der Waals surface area (Å²) in [5, 5.41) is 15.4. The van der Waals surface area contributed by atoms with Gasteiger partial charge in [0.05, 0.1) is 6.54 Å². The number of para-hydroxylation sites is 1. The van der Waals surface area contributed by atoms with Crippen LogP contribution in [0.2, 0.25) is 0 Å². The average Bonchev–Trinajstić information content (AvgIpc) is 3.05. The SMILES string of the molecule is O=C(CNCc1ccccc1O)NC1CC1. The molecule has 0 aromatic heterocycles. The number of phenolic OH excluding ortho intramolecular Hbond substituents is 1. The summed E-state index contributed by atoms with van der Waals surface area (Å²) in [6, 6.07) is 7.52. The van der Waals surface area contributed by atoms with Gasteiger partial charge in [0.25, 0.3) is 0 Å². The van der Waals surface area contributed by atoms with E-state index in [-0.39, 0.29) is 11.7 Å². The minimum atomic E-state index is 0.0259. The number of nitrogens with one attached hydrogen (secondary N) is 2. The summed E-state index contributed by atoms with van der Waals surface area (Å²) in [4.78, 5) is 11.3. The largest absolute Gasteiger partial charge is 0.508 e. The monoisotopic (exact) mass is 220 g/mol. The van der Waals surface area contributed by atoms with E-state index in [1.54, 1.807) is 12.1 Å². The van der Waals surface area contributed by atoms with E-state index in [1.807, 2.05) is 12.1 Å². The van der Waals surface area contributed by atoms with E-state index >= 15 is 0 Å². The molecule has 1 amide bonds.